The topological polar surface area (TPSA) is 79.5 Å². The highest BCUT2D eigenvalue weighted by atomic mass is 35.5. The Labute approximate surface area is 107 Å². The van der Waals surface area contributed by atoms with Crippen LogP contribution < -0.4 is 5.32 Å². The zero-order chi connectivity index (χ0) is 13.1. The molecule has 0 aliphatic rings. The van der Waals surface area contributed by atoms with Gasteiger partial charge in [0.1, 0.15) is 12.0 Å². The number of furan rings is 1. The Morgan fingerprint density at radius 1 is 1.22 bits per heavy atom. The van der Waals surface area contributed by atoms with Gasteiger partial charge in [0.25, 0.3) is 11.8 Å². The van der Waals surface area contributed by atoms with E-state index in [1.165, 1.54) is 36.8 Å². The molecule has 6 heteroatoms. The van der Waals surface area contributed by atoms with E-state index in [9.17, 15) is 14.7 Å². The lowest BCUT2D eigenvalue weighted by Gasteiger charge is -2.05. The predicted molar refractivity (Wildman–Crippen MR) is 63.6 cm³/mol. The maximum Gasteiger partial charge on any atom is 0.261 e. The molecule has 2 amide bonds. The van der Waals surface area contributed by atoms with E-state index in [-0.39, 0.29) is 21.9 Å². The number of nitrogens with one attached hydrogen (secondary N) is 1. The number of hydrogen-bond acceptors (Lipinski definition) is 4. The fourth-order valence-corrected chi connectivity index (χ4v) is 1.50. The van der Waals surface area contributed by atoms with Crippen molar-refractivity contribution in [3.63, 3.8) is 0 Å². The van der Waals surface area contributed by atoms with Crippen LogP contribution in [0.1, 0.15) is 20.7 Å². The number of rotatable bonds is 2. The number of phenolic OH excluding ortho intramolecular Hbond substituents is 1. The largest absolute Gasteiger partial charge is 0.507 e. The first-order valence-electron chi connectivity index (χ1n) is 4.94. The maximum absolute atomic E-state index is 11.7. The zero-order valence-corrected chi connectivity index (χ0v) is 9.77. The molecule has 0 saturated heterocycles. The Hall–Kier alpha value is -2.27. The van der Waals surface area contributed by atoms with E-state index in [4.69, 9.17) is 16.0 Å². The molecule has 5 nitrogen and oxygen atoms in total. The molecule has 0 radical (unpaired) electrons. The second-order valence-corrected chi connectivity index (χ2v) is 3.89. The quantitative estimate of drug-likeness (QED) is 0.816. The first kappa shape index (κ1) is 12.2. The van der Waals surface area contributed by atoms with Crippen molar-refractivity contribution in [2.45, 2.75) is 0 Å². The van der Waals surface area contributed by atoms with Crippen LogP contribution in [0.2, 0.25) is 5.02 Å². The summed E-state index contributed by atoms with van der Waals surface area (Å²) in [7, 11) is 0. The molecule has 0 unspecified atom stereocenters. The SMILES string of the molecule is O=C(NC(=O)c1cc(Cl)ccc1O)c1ccoc1. The van der Waals surface area contributed by atoms with Gasteiger partial charge in [-0.2, -0.15) is 0 Å². The molecule has 18 heavy (non-hydrogen) atoms. The number of benzene rings is 1. The third-order valence-electron chi connectivity index (χ3n) is 2.21. The molecule has 2 aromatic rings. The molecule has 0 saturated carbocycles. The van der Waals surface area contributed by atoms with E-state index in [0.29, 0.717) is 0 Å². The average Bonchev–Trinajstić information content (AvgIpc) is 2.85. The minimum Gasteiger partial charge on any atom is -0.507 e. The molecule has 0 bridgehead atoms. The van der Waals surface area contributed by atoms with Gasteiger partial charge in [0.05, 0.1) is 17.4 Å². The van der Waals surface area contributed by atoms with Crippen molar-refractivity contribution >= 4 is 23.4 Å². The number of phenols is 1. The average molecular weight is 266 g/mol. The highest BCUT2D eigenvalue weighted by molar-refractivity contribution is 6.31. The molecule has 1 aromatic carbocycles. The molecular formula is C12H8ClNO4. The molecule has 1 aromatic heterocycles. The van der Waals surface area contributed by atoms with Gasteiger partial charge in [0, 0.05) is 5.02 Å². The fourth-order valence-electron chi connectivity index (χ4n) is 1.33. The Morgan fingerprint density at radius 2 is 2.00 bits per heavy atom. The Balaban J connectivity index is 2.17. The van der Waals surface area contributed by atoms with Crippen LogP contribution in [0.5, 0.6) is 5.75 Å². The van der Waals surface area contributed by atoms with Gasteiger partial charge in [-0.1, -0.05) is 11.6 Å². The molecule has 0 fully saturated rings. The first-order valence-corrected chi connectivity index (χ1v) is 5.32. The maximum atomic E-state index is 11.7. The second kappa shape index (κ2) is 4.93. The van der Waals surface area contributed by atoms with Crippen LogP contribution in [0.3, 0.4) is 0 Å². The van der Waals surface area contributed by atoms with Gasteiger partial charge in [-0.05, 0) is 24.3 Å². The van der Waals surface area contributed by atoms with Crippen molar-refractivity contribution in [3.8, 4) is 5.75 Å². The van der Waals surface area contributed by atoms with E-state index in [1.54, 1.807) is 0 Å². The predicted octanol–water partition coefficient (Wildman–Crippen LogP) is 2.21. The summed E-state index contributed by atoms with van der Waals surface area (Å²) in [6, 6.07) is 5.40. The number of aromatic hydroxyl groups is 1. The van der Waals surface area contributed by atoms with Crippen molar-refractivity contribution in [2.24, 2.45) is 0 Å². The van der Waals surface area contributed by atoms with Crippen molar-refractivity contribution < 1.29 is 19.1 Å². The van der Waals surface area contributed by atoms with Crippen LogP contribution in [-0.2, 0) is 0 Å². The van der Waals surface area contributed by atoms with Crippen LogP contribution in [0.15, 0.2) is 41.2 Å². The summed E-state index contributed by atoms with van der Waals surface area (Å²) in [6.07, 6.45) is 2.52. The highest BCUT2D eigenvalue weighted by Crippen LogP contribution is 2.21. The molecule has 92 valence electrons. The summed E-state index contributed by atoms with van der Waals surface area (Å²) < 4.78 is 4.72. The van der Waals surface area contributed by atoms with E-state index >= 15 is 0 Å². The van der Waals surface area contributed by atoms with Gasteiger partial charge in [-0.3, -0.25) is 14.9 Å². The molecule has 0 spiro atoms. The molecule has 1 heterocycles. The van der Waals surface area contributed by atoms with Crippen molar-refractivity contribution in [3.05, 3.63) is 52.9 Å². The van der Waals surface area contributed by atoms with Crippen LogP contribution in [0, 0.1) is 0 Å². The summed E-state index contributed by atoms with van der Waals surface area (Å²) >= 11 is 5.71. The molecule has 0 atom stereocenters. The van der Waals surface area contributed by atoms with E-state index in [0.717, 1.165) is 0 Å². The number of amides is 2. The smallest absolute Gasteiger partial charge is 0.261 e. The van der Waals surface area contributed by atoms with Crippen LogP contribution in [-0.4, -0.2) is 16.9 Å². The number of halogens is 1. The lowest BCUT2D eigenvalue weighted by Crippen LogP contribution is -2.30. The van der Waals surface area contributed by atoms with Crippen LogP contribution >= 0.6 is 11.6 Å². The van der Waals surface area contributed by atoms with E-state index < -0.39 is 11.8 Å². The number of imide groups is 1. The second-order valence-electron chi connectivity index (χ2n) is 3.46. The van der Waals surface area contributed by atoms with Crippen LogP contribution in [0.4, 0.5) is 0 Å². The van der Waals surface area contributed by atoms with Gasteiger partial charge in [0.15, 0.2) is 0 Å². The Kier molecular flexibility index (Phi) is 3.34. The normalized spacial score (nSPS) is 10.1. The molecular weight excluding hydrogens is 258 g/mol. The van der Waals surface area contributed by atoms with Crippen molar-refractivity contribution in [2.75, 3.05) is 0 Å². The van der Waals surface area contributed by atoms with E-state index in [2.05, 4.69) is 5.32 Å². The van der Waals surface area contributed by atoms with Gasteiger partial charge < -0.3 is 9.52 Å². The molecule has 0 aliphatic carbocycles. The summed E-state index contributed by atoms with van der Waals surface area (Å²) in [4.78, 5) is 23.3. The monoisotopic (exact) mass is 265 g/mol. The highest BCUT2D eigenvalue weighted by Gasteiger charge is 2.16. The Bertz CT molecular complexity index is 592. The Morgan fingerprint density at radius 3 is 2.67 bits per heavy atom. The van der Waals surface area contributed by atoms with Gasteiger partial charge >= 0.3 is 0 Å². The van der Waals surface area contributed by atoms with Gasteiger partial charge in [-0.15, -0.1) is 0 Å². The third kappa shape index (κ3) is 2.52. The van der Waals surface area contributed by atoms with Crippen molar-refractivity contribution in [1.82, 2.24) is 5.32 Å². The standard InChI is InChI=1S/C12H8ClNO4/c13-8-1-2-10(15)9(5-8)12(17)14-11(16)7-3-4-18-6-7/h1-6,15H,(H,14,16,17). The number of carbonyl (C=O) groups excluding carboxylic acids is 2. The summed E-state index contributed by atoms with van der Waals surface area (Å²) in [6.45, 7) is 0. The summed E-state index contributed by atoms with van der Waals surface area (Å²) in [5.41, 5.74) is 0.143. The summed E-state index contributed by atoms with van der Waals surface area (Å²) in [5.74, 6) is -1.61. The van der Waals surface area contributed by atoms with Crippen molar-refractivity contribution in [1.29, 1.82) is 0 Å². The minimum atomic E-state index is -0.735. The van der Waals surface area contributed by atoms with Crippen LogP contribution in [0.25, 0.3) is 0 Å². The number of hydrogen-bond donors (Lipinski definition) is 2. The molecule has 0 aliphatic heterocycles. The minimum absolute atomic E-state index is 0.0701. The third-order valence-corrected chi connectivity index (χ3v) is 2.45. The number of carbonyl (C=O) groups is 2. The fraction of sp³-hybridized carbons (Fsp3) is 0. The lowest BCUT2D eigenvalue weighted by atomic mass is 10.2. The first-order chi connectivity index (χ1) is 8.58. The van der Waals surface area contributed by atoms with Gasteiger partial charge in [-0.25, -0.2) is 0 Å². The van der Waals surface area contributed by atoms with E-state index in [1.807, 2.05) is 0 Å². The zero-order valence-electron chi connectivity index (χ0n) is 9.01. The van der Waals surface area contributed by atoms with Gasteiger partial charge in [0.2, 0.25) is 0 Å². The molecule has 2 N–H and O–H groups in total. The summed E-state index contributed by atoms with van der Waals surface area (Å²) in [5, 5.41) is 11.9. The lowest BCUT2D eigenvalue weighted by molar-refractivity contribution is 0.0848. The molecule has 2 rings (SSSR count).